The Labute approximate surface area is 108 Å². The summed E-state index contributed by atoms with van der Waals surface area (Å²) < 4.78 is 31.8. The molecule has 0 unspecified atom stereocenters. The highest BCUT2D eigenvalue weighted by atomic mass is 32.2. The molecule has 0 saturated heterocycles. The standard InChI is InChI=1S/C12H20N2O3S/c1-3-8-14(10-4-5-10)18(15,16)12-7-6-11(17-12)9-13-2/h6-7,10,13H,3-5,8-9H2,1-2H3. The summed E-state index contributed by atoms with van der Waals surface area (Å²) in [4.78, 5) is 0. The van der Waals surface area contributed by atoms with Crippen molar-refractivity contribution in [3.8, 4) is 0 Å². The van der Waals surface area contributed by atoms with Crippen LogP contribution in [-0.2, 0) is 16.6 Å². The van der Waals surface area contributed by atoms with Gasteiger partial charge in [-0.1, -0.05) is 6.92 Å². The number of sulfonamides is 1. The topological polar surface area (TPSA) is 62.6 Å². The van der Waals surface area contributed by atoms with E-state index in [1.54, 1.807) is 23.5 Å². The Morgan fingerprint density at radius 1 is 1.44 bits per heavy atom. The minimum atomic E-state index is -3.46. The van der Waals surface area contributed by atoms with E-state index in [2.05, 4.69) is 5.32 Å². The van der Waals surface area contributed by atoms with Gasteiger partial charge in [0.2, 0.25) is 5.09 Å². The number of rotatable bonds is 7. The van der Waals surface area contributed by atoms with Crippen LogP contribution in [0.4, 0.5) is 0 Å². The lowest BCUT2D eigenvalue weighted by Gasteiger charge is -2.19. The van der Waals surface area contributed by atoms with Crippen LogP contribution in [0.2, 0.25) is 0 Å². The summed E-state index contributed by atoms with van der Waals surface area (Å²) >= 11 is 0. The van der Waals surface area contributed by atoms with Crippen LogP contribution < -0.4 is 5.32 Å². The molecule has 1 aromatic rings. The van der Waals surface area contributed by atoms with Gasteiger partial charge in [0.15, 0.2) is 0 Å². The Kier molecular flexibility index (Phi) is 4.09. The van der Waals surface area contributed by atoms with Crippen molar-refractivity contribution in [1.29, 1.82) is 0 Å². The molecule has 1 heterocycles. The van der Waals surface area contributed by atoms with Gasteiger partial charge >= 0.3 is 0 Å². The molecule has 1 aliphatic carbocycles. The van der Waals surface area contributed by atoms with Gasteiger partial charge in [0.25, 0.3) is 10.0 Å². The van der Waals surface area contributed by atoms with Gasteiger partial charge in [-0.3, -0.25) is 0 Å². The van der Waals surface area contributed by atoms with Crippen molar-refractivity contribution in [3.63, 3.8) is 0 Å². The first-order chi connectivity index (χ1) is 8.59. The van der Waals surface area contributed by atoms with Gasteiger partial charge in [-0.25, -0.2) is 8.42 Å². The third kappa shape index (κ3) is 2.76. The summed E-state index contributed by atoms with van der Waals surface area (Å²) in [6, 6.07) is 3.43. The molecular formula is C12H20N2O3S. The quantitative estimate of drug-likeness (QED) is 0.818. The largest absolute Gasteiger partial charge is 0.447 e. The second-order valence-corrected chi connectivity index (χ2v) is 6.42. The van der Waals surface area contributed by atoms with Crippen molar-refractivity contribution < 1.29 is 12.8 Å². The number of hydrogen-bond acceptors (Lipinski definition) is 4. The summed E-state index contributed by atoms with van der Waals surface area (Å²) in [5.41, 5.74) is 0. The van der Waals surface area contributed by atoms with Crippen molar-refractivity contribution in [2.75, 3.05) is 13.6 Å². The van der Waals surface area contributed by atoms with Gasteiger partial charge in [-0.15, -0.1) is 0 Å². The van der Waals surface area contributed by atoms with Crippen LogP contribution in [0.15, 0.2) is 21.6 Å². The van der Waals surface area contributed by atoms with Gasteiger partial charge in [-0.05, 0) is 38.4 Å². The molecule has 102 valence electrons. The predicted octanol–water partition coefficient (Wildman–Crippen LogP) is 1.56. The SMILES string of the molecule is CCCN(C1CC1)S(=O)(=O)c1ccc(CNC)o1. The Morgan fingerprint density at radius 3 is 2.72 bits per heavy atom. The molecule has 1 aromatic heterocycles. The first kappa shape index (κ1) is 13.6. The Morgan fingerprint density at radius 2 is 2.17 bits per heavy atom. The summed E-state index contributed by atoms with van der Waals surface area (Å²) in [5.74, 6) is 0.642. The molecule has 0 bridgehead atoms. The summed E-state index contributed by atoms with van der Waals surface area (Å²) in [5, 5.41) is 3.00. The molecule has 0 atom stereocenters. The van der Waals surface area contributed by atoms with E-state index in [0.717, 1.165) is 19.3 Å². The van der Waals surface area contributed by atoms with Gasteiger partial charge in [0.05, 0.1) is 6.54 Å². The third-order valence-electron chi connectivity index (χ3n) is 2.95. The Balaban J connectivity index is 2.21. The molecule has 1 N–H and O–H groups in total. The maximum atomic E-state index is 12.4. The number of furan rings is 1. The summed E-state index contributed by atoms with van der Waals surface area (Å²) in [6.45, 7) is 3.08. The number of nitrogens with zero attached hydrogens (tertiary/aromatic N) is 1. The van der Waals surface area contributed by atoms with Crippen LogP contribution in [0.1, 0.15) is 31.9 Å². The van der Waals surface area contributed by atoms with Gasteiger partial charge in [0.1, 0.15) is 5.76 Å². The lowest BCUT2D eigenvalue weighted by Crippen LogP contribution is -2.33. The molecular weight excluding hydrogens is 252 g/mol. The molecule has 0 aromatic carbocycles. The fourth-order valence-electron chi connectivity index (χ4n) is 1.96. The molecule has 1 aliphatic rings. The average molecular weight is 272 g/mol. The summed E-state index contributed by atoms with van der Waals surface area (Å²) in [6.07, 6.45) is 2.74. The van der Waals surface area contributed by atoms with Crippen molar-refractivity contribution in [2.45, 2.75) is 43.9 Å². The highest BCUT2D eigenvalue weighted by Gasteiger charge is 2.38. The summed E-state index contributed by atoms with van der Waals surface area (Å²) in [7, 11) is -1.66. The number of nitrogens with one attached hydrogen (secondary N) is 1. The van der Waals surface area contributed by atoms with Gasteiger partial charge in [-0.2, -0.15) is 4.31 Å². The van der Waals surface area contributed by atoms with Crippen LogP contribution in [0.3, 0.4) is 0 Å². The van der Waals surface area contributed by atoms with Crippen LogP contribution >= 0.6 is 0 Å². The lowest BCUT2D eigenvalue weighted by molar-refractivity contribution is 0.359. The van der Waals surface area contributed by atoms with E-state index in [1.807, 2.05) is 6.92 Å². The highest BCUT2D eigenvalue weighted by molar-refractivity contribution is 7.89. The molecule has 0 aliphatic heterocycles. The zero-order chi connectivity index (χ0) is 13.2. The fourth-order valence-corrected chi connectivity index (χ4v) is 3.67. The smallest absolute Gasteiger partial charge is 0.276 e. The average Bonchev–Trinajstić information content (AvgIpc) is 3.05. The fraction of sp³-hybridized carbons (Fsp3) is 0.667. The first-order valence-corrected chi connectivity index (χ1v) is 7.78. The van der Waals surface area contributed by atoms with Gasteiger partial charge < -0.3 is 9.73 Å². The second kappa shape index (κ2) is 5.42. The monoisotopic (exact) mass is 272 g/mol. The second-order valence-electron chi connectivity index (χ2n) is 4.60. The van der Waals surface area contributed by atoms with Crippen molar-refractivity contribution >= 4 is 10.0 Å². The minimum Gasteiger partial charge on any atom is -0.447 e. The van der Waals surface area contributed by atoms with Crippen molar-refractivity contribution in [2.24, 2.45) is 0 Å². The van der Waals surface area contributed by atoms with E-state index in [9.17, 15) is 8.42 Å². The van der Waals surface area contributed by atoms with Crippen LogP contribution in [-0.4, -0.2) is 32.4 Å². The molecule has 0 amide bonds. The maximum absolute atomic E-state index is 12.4. The molecule has 5 nitrogen and oxygen atoms in total. The third-order valence-corrected chi connectivity index (χ3v) is 4.78. The van der Waals surface area contributed by atoms with Crippen LogP contribution in [0.5, 0.6) is 0 Å². The molecule has 1 fully saturated rings. The van der Waals surface area contributed by atoms with E-state index < -0.39 is 10.0 Å². The molecule has 1 saturated carbocycles. The molecule has 6 heteroatoms. The zero-order valence-electron chi connectivity index (χ0n) is 10.8. The first-order valence-electron chi connectivity index (χ1n) is 6.34. The van der Waals surface area contributed by atoms with E-state index in [1.165, 1.54) is 0 Å². The van der Waals surface area contributed by atoms with Crippen molar-refractivity contribution in [3.05, 3.63) is 17.9 Å². The maximum Gasteiger partial charge on any atom is 0.276 e. The normalized spacial score (nSPS) is 16.4. The molecule has 2 rings (SSSR count). The predicted molar refractivity (Wildman–Crippen MR) is 68.7 cm³/mol. The molecule has 0 radical (unpaired) electrons. The van der Waals surface area contributed by atoms with Crippen molar-refractivity contribution in [1.82, 2.24) is 9.62 Å². The van der Waals surface area contributed by atoms with E-state index in [0.29, 0.717) is 18.8 Å². The Hall–Kier alpha value is -0.850. The van der Waals surface area contributed by atoms with Gasteiger partial charge in [0, 0.05) is 12.6 Å². The molecule has 18 heavy (non-hydrogen) atoms. The highest BCUT2D eigenvalue weighted by Crippen LogP contribution is 2.32. The lowest BCUT2D eigenvalue weighted by atomic mass is 10.4. The van der Waals surface area contributed by atoms with Crippen LogP contribution in [0, 0.1) is 0 Å². The van der Waals surface area contributed by atoms with E-state index in [4.69, 9.17) is 4.42 Å². The van der Waals surface area contributed by atoms with E-state index in [-0.39, 0.29) is 11.1 Å². The molecule has 0 spiro atoms. The zero-order valence-corrected chi connectivity index (χ0v) is 11.7. The number of hydrogen-bond donors (Lipinski definition) is 1. The Bertz CT molecular complexity index is 491. The minimum absolute atomic E-state index is 0.0631. The van der Waals surface area contributed by atoms with Crippen LogP contribution in [0.25, 0.3) is 0 Å². The van der Waals surface area contributed by atoms with E-state index >= 15 is 0 Å².